The van der Waals surface area contributed by atoms with E-state index in [1.807, 2.05) is 48.5 Å². The zero-order valence-electron chi connectivity index (χ0n) is 16.0. The van der Waals surface area contributed by atoms with E-state index in [9.17, 15) is 0 Å². The standard InChI is InChI=1S/C25H18BNO2/c1-17-9-8-16-24-25(17)27(20-12-4-7-15-23(20)29-24)26-18-10-2-5-13-21(18)28-22-14-6-3-11-19(22)26/h2-16H,1H3. The van der Waals surface area contributed by atoms with Crippen LogP contribution in [0.1, 0.15) is 5.56 Å². The van der Waals surface area contributed by atoms with Gasteiger partial charge in [0.2, 0.25) is 0 Å². The Morgan fingerprint density at radius 2 is 1.14 bits per heavy atom. The Balaban J connectivity index is 1.68. The predicted octanol–water partition coefficient (Wildman–Crippen LogP) is 5.15. The molecule has 0 bridgehead atoms. The van der Waals surface area contributed by atoms with Crippen LogP contribution in [0.15, 0.2) is 91.0 Å². The highest BCUT2D eigenvalue weighted by atomic mass is 16.5. The molecule has 0 saturated carbocycles. The third-order valence-corrected chi connectivity index (χ3v) is 5.69. The van der Waals surface area contributed by atoms with Gasteiger partial charge in [0.25, 0.3) is 0 Å². The quantitative estimate of drug-likeness (QED) is 0.430. The Labute approximate surface area is 170 Å². The summed E-state index contributed by atoms with van der Waals surface area (Å²) in [6, 6.07) is 31.1. The number of ether oxygens (including phenoxy) is 2. The van der Waals surface area contributed by atoms with Crippen LogP contribution in [0.2, 0.25) is 0 Å². The number of nitrogens with zero attached hydrogens (tertiary/aromatic N) is 1. The summed E-state index contributed by atoms with van der Waals surface area (Å²) in [5.41, 5.74) is 5.64. The van der Waals surface area contributed by atoms with Crippen molar-refractivity contribution in [1.29, 1.82) is 0 Å². The van der Waals surface area contributed by atoms with Crippen LogP contribution in [0.3, 0.4) is 0 Å². The maximum atomic E-state index is 6.28. The molecule has 29 heavy (non-hydrogen) atoms. The van der Waals surface area contributed by atoms with E-state index >= 15 is 0 Å². The van der Waals surface area contributed by atoms with Gasteiger partial charge < -0.3 is 14.3 Å². The molecule has 4 heteroatoms. The van der Waals surface area contributed by atoms with Crippen molar-refractivity contribution in [2.24, 2.45) is 0 Å². The van der Waals surface area contributed by atoms with Gasteiger partial charge in [0.05, 0.1) is 11.4 Å². The number of fused-ring (bicyclic) bond motifs is 4. The molecule has 0 N–H and O–H groups in total. The second-order valence-electron chi connectivity index (χ2n) is 7.44. The Morgan fingerprint density at radius 1 is 0.586 bits per heavy atom. The van der Waals surface area contributed by atoms with Gasteiger partial charge in [0.1, 0.15) is 23.0 Å². The lowest BCUT2D eigenvalue weighted by atomic mass is 9.47. The van der Waals surface area contributed by atoms with Gasteiger partial charge in [0.15, 0.2) is 0 Å². The third-order valence-electron chi connectivity index (χ3n) is 5.69. The van der Waals surface area contributed by atoms with Crippen molar-refractivity contribution in [1.82, 2.24) is 0 Å². The van der Waals surface area contributed by atoms with Crippen LogP contribution in [0.25, 0.3) is 0 Å². The molecule has 4 aromatic carbocycles. The van der Waals surface area contributed by atoms with Crippen LogP contribution in [0.5, 0.6) is 23.0 Å². The largest absolute Gasteiger partial charge is 0.458 e. The van der Waals surface area contributed by atoms with E-state index in [1.54, 1.807) is 0 Å². The van der Waals surface area contributed by atoms with Crippen molar-refractivity contribution in [3.05, 3.63) is 96.6 Å². The summed E-state index contributed by atoms with van der Waals surface area (Å²) in [6.45, 7) is 2.13. The SMILES string of the molecule is Cc1cccc2c1N(B1c3ccccc3Oc3ccccc31)c1ccccc1O2. The first-order valence-electron chi connectivity index (χ1n) is 9.83. The van der Waals surface area contributed by atoms with E-state index in [2.05, 4.69) is 54.2 Å². The van der Waals surface area contributed by atoms with Crippen LogP contribution in [-0.4, -0.2) is 6.85 Å². The molecule has 0 aliphatic carbocycles. The van der Waals surface area contributed by atoms with E-state index in [0.717, 1.165) is 45.3 Å². The molecule has 0 amide bonds. The molecule has 6 rings (SSSR count). The van der Waals surface area contributed by atoms with Crippen LogP contribution in [0.4, 0.5) is 11.4 Å². The fourth-order valence-electron chi connectivity index (χ4n) is 4.44. The average Bonchev–Trinajstić information content (AvgIpc) is 2.76. The van der Waals surface area contributed by atoms with Gasteiger partial charge in [-0.15, -0.1) is 0 Å². The minimum Gasteiger partial charge on any atom is -0.458 e. The van der Waals surface area contributed by atoms with Crippen molar-refractivity contribution < 1.29 is 9.47 Å². The summed E-state index contributed by atoms with van der Waals surface area (Å²) in [5, 5.41) is 0. The summed E-state index contributed by atoms with van der Waals surface area (Å²) in [5.74, 6) is 3.54. The smallest absolute Gasteiger partial charge is 0.335 e. The Bertz CT molecular complexity index is 1210. The zero-order valence-corrected chi connectivity index (χ0v) is 16.0. The van der Waals surface area contributed by atoms with E-state index < -0.39 is 0 Å². The van der Waals surface area contributed by atoms with E-state index in [4.69, 9.17) is 9.47 Å². The molecule has 2 aliphatic rings. The van der Waals surface area contributed by atoms with Crippen molar-refractivity contribution in [2.75, 3.05) is 4.81 Å². The summed E-state index contributed by atoms with van der Waals surface area (Å²) in [4.78, 5) is 2.41. The highest BCUT2D eigenvalue weighted by molar-refractivity contribution is 6.90. The molecule has 4 aromatic rings. The topological polar surface area (TPSA) is 21.7 Å². The highest BCUT2D eigenvalue weighted by Crippen LogP contribution is 2.49. The van der Waals surface area contributed by atoms with E-state index in [0.29, 0.717) is 0 Å². The van der Waals surface area contributed by atoms with Crippen LogP contribution in [0, 0.1) is 6.92 Å². The second-order valence-corrected chi connectivity index (χ2v) is 7.44. The molecule has 0 atom stereocenters. The first kappa shape index (κ1) is 16.3. The normalized spacial score (nSPS) is 13.4. The number of hydrogen-bond acceptors (Lipinski definition) is 3. The molecule has 0 unspecified atom stereocenters. The zero-order chi connectivity index (χ0) is 19.4. The molecule has 0 aromatic heterocycles. The number of para-hydroxylation sites is 5. The van der Waals surface area contributed by atoms with Crippen molar-refractivity contribution in [3.63, 3.8) is 0 Å². The summed E-state index contributed by atoms with van der Waals surface area (Å²) >= 11 is 0. The fraction of sp³-hybridized carbons (Fsp3) is 0.0400. The number of benzene rings is 4. The summed E-state index contributed by atoms with van der Waals surface area (Å²) < 4.78 is 12.5. The minimum atomic E-state index is -0.0129. The molecule has 2 aliphatic heterocycles. The lowest BCUT2D eigenvalue weighted by molar-refractivity contribution is 0.476. The maximum Gasteiger partial charge on any atom is 0.335 e. The Morgan fingerprint density at radius 3 is 1.86 bits per heavy atom. The van der Waals surface area contributed by atoms with Gasteiger partial charge in [-0.3, -0.25) is 0 Å². The molecule has 0 saturated heterocycles. The second kappa shape index (κ2) is 6.18. The number of anilines is 2. The number of aryl methyl sites for hydroxylation is 1. The number of hydrogen-bond donors (Lipinski definition) is 0. The molecule has 0 spiro atoms. The number of rotatable bonds is 1. The molecule has 3 nitrogen and oxygen atoms in total. The van der Waals surface area contributed by atoms with Gasteiger partial charge >= 0.3 is 6.85 Å². The van der Waals surface area contributed by atoms with Crippen molar-refractivity contribution in [2.45, 2.75) is 6.92 Å². The van der Waals surface area contributed by atoms with Gasteiger partial charge in [-0.05, 0) is 53.7 Å². The van der Waals surface area contributed by atoms with Gasteiger partial charge in [-0.1, -0.05) is 60.7 Å². The van der Waals surface area contributed by atoms with E-state index in [-0.39, 0.29) is 6.85 Å². The van der Waals surface area contributed by atoms with Gasteiger partial charge in [0, 0.05) is 0 Å². The molecule has 138 valence electrons. The van der Waals surface area contributed by atoms with Crippen molar-refractivity contribution in [3.8, 4) is 23.0 Å². The highest BCUT2D eigenvalue weighted by Gasteiger charge is 2.41. The van der Waals surface area contributed by atoms with Crippen LogP contribution < -0.4 is 25.2 Å². The predicted molar refractivity (Wildman–Crippen MR) is 118 cm³/mol. The Hall–Kier alpha value is -3.66. The summed E-state index contributed by atoms with van der Waals surface area (Å²) in [7, 11) is 0. The lowest BCUT2D eigenvalue weighted by Gasteiger charge is -2.40. The van der Waals surface area contributed by atoms with Crippen molar-refractivity contribution >= 4 is 29.1 Å². The van der Waals surface area contributed by atoms with Gasteiger partial charge in [-0.2, -0.15) is 0 Å². The maximum absolute atomic E-state index is 6.28. The average molecular weight is 375 g/mol. The summed E-state index contributed by atoms with van der Waals surface area (Å²) in [6.07, 6.45) is 0. The lowest BCUT2D eigenvalue weighted by Crippen LogP contribution is -2.57. The van der Waals surface area contributed by atoms with Crippen LogP contribution >= 0.6 is 0 Å². The molecule has 2 heterocycles. The first-order chi connectivity index (χ1) is 14.3. The van der Waals surface area contributed by atoms with Crippen LogP contribution in [-0.2, 0) is 0 Å². The molecule has 0 fully saturated rings. The molecular formula is C25H18BNO2. The van der Waals surface area contributed by atoms with Gasteiger partial charge in [-0.25, -0.2) is 0 Å². The first-order valence-corrected chi connectivity index (χ1v) is 9.83. The van der Waals surface area contributed by atoms with E-state index in [1.165, 1.54) is 5.56 Å². The minimum absolute atomic E-state index is 0.0129. The molecule has 0 radical (unpaired) electrons. The third kappa shape index (κ3) is 2.39. The molecular weight excluding hydrogens is 357 g/mol. The fourth-order valence-corrected chi connectivity index (χ4v) is 4.44. The monoisotopic (exact) mass is 375 g/mol. The Kier molecular flexibility index (Phi) is 3.47.